The Labute approximate surface area is 149 Å². The van der Waals surface area contributed by atoms with Gasteiger partial charge in [-0.15, -0.1) is 0 Å². The van der Waals surface area contributed by atoms with Crippen LogP contribution in [0.2, 0.25) is 0 Å². The molecule has 0 amide bonds. The molecule has 0 aliphatic carbocycles. The van der Waals surface area contributed by atoms with Gasteiger partial charge in [0.2, 0.25) is 0 Å². The number of para-hydroxylation sites is 2. The van der Waals surface area contributed by atoms with E-state index in [2.05, 4.69) is 119 Å². The summed E-state index contributed by atoms with van der Waals surface area (Å²) >= 11 is 0. The Morgan fingerprint density at radius 3 is 1.40 bits per heavy atom. The van der Waals surface area contributed by atoms with Gasteiger partial charge in [0, 0.05) is 36.2 Å². The second-order valence-electron chi connectivity index (χ2n) is 6.92. The molecular weight excluding hydrogens is 308 g/mol. The molecule has 2 heterocycles. The molecule has 4 nitrogen and oxygen atoms in total. The van der Waals surface area contributed by atoms with Crippen LogP contribution in [0.1, 0.15) is 13.8 Å². The van der Waals surface area contributed by atoms with E-state index in [1.807, 2.05) is 0 Å². The molecule has 4 heteroatoms. The molecule has 2 aromatic rings. The predicted molar refractivity (Wildman–Crippen MR) is 104 cm³/mol. The van der Waals surface area contributed by atoms with Crippen molar-refractivity contribution in [1.29, 1.82) is 0 Å². The second-order valence-corrected chi connectivity index (χ2v) is 6.92. The van der Waals surface area contributed by atoms with Gasteiger partial charge in [0.05, 0.1) is 13.3 Å². The van der Waals surface area contributed by atoms with Crippen LogP contribution in [-0.2, 0) is 0 Å². The Morgan fingerprint density at radius 2 is 1.00 bits per heavy atom. The lowest BCUT2D eigenvalue weighted by Gasteiger charge is -2.44. The van der Waals surface area contributed by atoms with E-state index in [-0.39, 0.29) is 5.66 Å². The Balaban J connectivity index is 1.45. The van der Waals surface area contributed by atoms with E-state index in [4.69, 9.17) is 0 Å². The second kappa shape index (κ2) is 6.20. The molecule has 0 fully saturated rings. The van der Waals surface area contributed by atoms with Gasteiger partial charge >= 0.3 is 0 Å². The van der Waals surface area contributed by atoms with Crippen LogP contribution in [0.3, 0.4) is 0 Å². The summed E-state index contributed by atoms with van der Waals surface area (Å²) in [5, 5.41) is 0. The van der Waals surface area contributed by atoms with Gasteiger partial charge in [-0.2, -0.15) is 0 Å². The molecule has 128 valence electrons. The smallest absolute Gasteiger partial charge is 0.109 e. The topological polar surface area (TPSA) is 13.0 Å². The summed E-state index contributed by atoms with van der Waals surface area (Å²) in [6.45, 7) is 6.24. The van der Waals surface area contributed by atoms with Crippen molar-refractivity contribution in [2.45, 2.75) is 19.5 Å². The zero-order valence-corrected chi connectivity index (χ0v) is 14.8. The highest BCUT2D eigenvalue weighted by molar-refractivity contribution is 5.51. The quantitative estimate of drug-likeness (QED) is 0.831. The summed E-state index contributed by atoms with van der Waals surface area (Å²) in [6.07, 6.45) is 8.69. The fourth-order valence-corrected chi connectivity index (χ4v) is 3.29. The molecule has 2 aliphatic heterocycles. The molecule has 0 saturated heterocycles. The first-order chi connectivity index (χ1) is 12.1. The molecular formula is C21H24N4. The Hall–Kier alpha value is -2.88. The highest BCUT2D eigenvalue weighted by atomic mass is 15.5. The molecule has 0 radical (unpaired) electrons. The minimum absolute atomic E-state index is 0.111. The average molecular weight is 332 g/mol. The first-order valence-corrected chi connectivity index (χ1v) is 8.68. The van der Waals surface area contributed by atoms with Crippen molar-refractivity contribution < 1.29 is 0 Å². The maximum atomic E-state index is 2.37. The number of rotatable bonds is 4. The van der Waals surface area contributed by atoms with Gasteiger partial charge in [0.15, 0.2) is 0 Å². The standard InChI is InChI=1S/C21H24N4/c1-21(2,24-15-13-22(17-24)19-9-5-3-6-10-19)25-16-14-23(18-25)20-11-7-4-8-12-20/h3-16H,17-18H2,1-2H3. The number of benzene rings is 2. The first kappa shape index (κ1) is 15.6. The zero-order valence-electron chi connectivity index (χ0n) is 14.8. The van der Waals surface area contributed by atoms with Crippen LogP contribution >= 0.6 is 0 Å². The zero-order chi connectivity index (χ0) is 17.3. The molecule has 2 aromatic carbocycles. The van der Waals surface area contributed by atoms with Gasteiger partial charge in [0.1, 0.15) is 5.66 Å². The number of hydrogen-bond donors (Lipinski definition) is 0. The number of hydrogen-bond acceptors (Lipinski definition) is 4. The molecule has 0 bridgehead atoms. The van der Waals surface area contributed by atoms with E-state index in [0.717, 1.165) is 13.3 Å². The van der Waals surface area contributed by atoms with Crippen LogP contribution in [0, 0.1) is 0 Å². The summed E-state index contributed by atoms with van der Waals surface area (Å²) in [4.78, 5) is 9.30. The molecule has 25 heavy (non-hydrogen) atoms. The normalized spacial score (nSPS) is 17.0. The molecule has 0 atom stereocenters. The highest BCUT2D eigenvalue weighted by Gasteiger charge is 2.35. The Morgan fingerprint density at radius 1 is 0.600 bits per heavy atom. The molecule has 4 rings (SSSR count). The fraction of sp³-hybridized carbons (Fsp3) is 0.238. The van der Waals surface area contributed by atoms with E-state index in [0.29, 0.717) is 0 Å². The third-order valence-electron chi connectivity index (χ3n) is 5.04. The van der Waals surface area contributed by atoms with Crippen LogP contribution in [-0.4, -0.2) is 28.8 Å². The lowest BCUT2D eigenvalue weighted by atomic mass is 10.2. The van der Waals surface area contributed by atoms with Crippen molar-refractivity contribution in [3.8, 4) is 0 Å². The monoisotopic (exact) mass is 332 g/mol. The molecule has 0 aromatic heterocycles. The lowest BCUT2D eigenvalue weighted by Crippen LogP contribution is -2.53. The van der Waals surface area contributed by atoms with E-state index < -0.39 is 0 Å². The van der Waals surface area contributed by atoms with Crippen molar-refractivity contribution in [3.63, 3.8) is 0 Å². The minimum Gasteiger partial charge on any atom is -0.336 e. The number of anilines is 2. The summed E-state index contributed by atoms with van der Waals surface area (Å²) in [5.74, 6) is 0. The minimum atomic E-state index is -0.111. The van der Waals surface area contributed by atoms with Crippen molar-refractivity contribution in [2.24, 2.45) is 0 Å². The van der Waals surface area contributed by atoms with Gasteiger partial charge < -0.3 is 19.6 Å². The van der Waals surface area contributed by atoms with Crippen molar-refractivity contribution in [2.75, 3.05) is 23.1 Å². The summed E-state index contributed by atoms with van der Waals surface area (Å²) < 4.78 is 0. The molecule has 0 N–H and O–H groups in total. The van der Waals surface area contributed by atoms with Gasteiger partial charge in [-0.1, -0.05) is 36.4 Å². The van der Waals surface area contributed by atoms with E-state index in [9.17, 15) is 0 Å². The van der Waals surface area contributed by atoms with Crippen molar-refractivity contribution in [1.82, 2.24) is 9.80 Å². The summed E-state index contributed by atoms with van der Waals surface area (Å²) in [6, 6.07) is 21.0. The molecule has 2 aliphatic rings. The third kappa shape index (κ3) is 2.95. The summed E-state index contributed by atoms with van der Waals surface area (Å²) in [7, 11) is 0. The largest absolute Gasteiger partial charge is 0.336 e. The Bertz CT molecular complexity index is 701. The van der Waals surface area contributed by atoms with Gasteiger partial charge in [-0.25, -0.2) is 0 Å². The fourth-order valence-electron chi connectivity index (χ4n) is 3.29. The van der Waals surface area contributed by atoms with Gasteiger partial charge in [0.25, 0.3) is 0 Å². The highest BCUT2D eigenvalue weighted by Crippen LogP contribution is 2.30. The maximum absolute atomic E-state index is 2.37. The maximum Gasteiger partial charge on any atom is 0.109 e. The van der Waals surface area contributed by atoms with E-state index in [1.165, 1.54) is 11.4 Å². The number of nitrogens with zero attached hydrogens (tertiary/aromatic N) is 4. The molecule has 0 spiro atoms. The summed E-state index contributed by atoms with van der Waals surface area (Å²) in [5.41, 5.74) is 2.33. The van der Waals surface area contributed by atoms with Crippen LogP contribution < -0.4 is 9.80 Å². The SMILES string of the molecule is CC(C)(N1C=CN(c2ccccc2)C1)N1C=CN(c2ccccc2)C1. The first-order valence-electron chi connectivity index (χ1n) is 8.68. The average Bonchev–Trinajstić information content (AvgIpc) is 3.34. The van der Waals surface area contributed by atoms with Crippen LogP contribution in [0.25, 0.3) is 0 Å². The molecule has 0 saturated carbocycles. The molecule has 0 unspecified atom stereocenters. The van der Waals surface area contributed by atoms with Gasteiger partial charge in [-0.05, 0) is 38.1 Å². The van der Waals surface area contributed by atoms with Crippen molar-refractivity contribution >= 4 is 11.4 Å². The van der Waals surface area contributed by atoms with Crippen molar-refractivity contribution in [3.05, 3.63) is 85.5 Å². The van der Waals surface area contributed by atoms with Crippen LogP contribution in [0.4, 0.5) is 11.4 Å². The van der Waals surface area contributed by atoms with Crippen LogP contribution in [0.15, 0.2) is 85.5 Å². The third-order valence-corrected chi connectivity index (χ3v) is 5.04. The van der Waals surface area contributed by atoms with Crippen LogP contribution in [0.5, 0.6) is 0 Å². The van der Waals surface area contributed by atoms with E-state index >= 15 is 0 Å². The van der Waals surface area contributed by atoms with E-state index in [1.54, 1.807) is 0 Å². The Kier molecular flexibility index (Phi) is 3.88. The predicted octanol–water partition coefficient (Wildman–Crippen LogP) is 4.22. The lowest BCUT2D eigenvalue weighted by molar-refractivity contribution is 0.0482. The van der Waals surface area contributed by atoms with Gasteiger partial charge in [-0.3, -0.25) is 0 Å².